The van der Waals surface area contributed by atoms with Gasteiger partial charge in [0.05, 0.1) is 13.1 Å². The van der Waals surface area contributed by atoms with Crippen LogP contribution in [0.5, 0.6) is 0 Å². The van der Waals surface area contributed by atoms with E-state index in [1.807, 2.05) is 0 Å². The number of nitrogens with zero attached hydrogens (tertiary/aromatic N) is 1. The molecule has 0 aromatic heterocycles. The third-order valence-corrected chi connectivity index (χ3v) is 9.60. The maximum absolute atomic E-state index is 12.2. The number of aliphatic carboxylic acids is 3. The van der Waals surface area contributed by atoms with Gasteiger partial charge in [-0.05, 0) is 45.3 Å². The third-order valence-electron chi connectivity index (χ3n) is 9.60. The van der Waals surface area contributed by atoms with E-state index in [1.165, 1.54) is 167 Å². The molecule has 9 N–H and O–H groups in total. The van der Waals surface area contributed by atoms with E-state index in [4.69, 9.17) is 15.9 Å². The monoisotopic (exact) mass is 745 g/mol. The van der Waals surface area contributed by atoms with Crippen LogP contribution < -0.4 is 17.2 Å². The first-order valence-corrected chi connectivity index (χ1v) is 21.7. The van der Waals surface area contributed by atoms with E-state index in [-0.39, 0.29) is 19.1 Å². The van der Waals surface area contributed by atoms with E-state index >= 15 is 0 Å². The van der Waals surface area contributed by atoms with Crippen molar-refractivity contribution >= 4 is 17.9 Å². The standard InChI is InChI=1S/C38H78N2O2.2C2H5NO2/c1-3-5-7-9-11-13-15-17-19-21-23-25-27-31-35-40(37(38(41)42)33-29-30-34-39)36-32-28-26-24-22-20-18-16-14-12-10-8-6-4-2;2*3-1-2(4)5/h37H,3-36,39H2,1-2H3,(H,41,42);2*1,3H2,(H,4,5)/t37-;;/m0../s1. The molecular formula is C42H88N4O6. The van der Waals surface area contributed by atoms with Crippen molar-refractivity contribution < 1.29 is 29.7 Å². The Balaban J connectivity index is -0.00000209. The minimum atomic E-state index is -0.968. The number of hydrogen-bond donors (Lipinski definition) is 6. The number of hydrogen-bond acceptors (Lipinski definition) is 7. The van der Waals surface area contributed by atoms with Crippen molar-refractivity contribution in [3.05, 3.63) is 0 Å². The van der Waals surface area contributed by atoms with Crippen LogP contribution in [0.1, 0.15) is 213 Å². The lowest BCUT2D eigenvalue weighted by Gasteiger charge is -2.29. The molecule has 0 aliphatic rings. The first-order chi connectivity index (χ1) is 25.2. The van der Waals surface area contributed by atoms with Crippen molar-refractivity contribution in [1.29, 1.82) is 0 Å². The molecule has 0 spiro atoms. The van der Waals surface area contributed by atoms with Crippen LogP contribution in [0.25, 0.3) is 0 Å². The van der Waals surface area contributed by atoms with Gasteiger partial charge in [0.25, 0.3) is 0 Å². The lowest BCUT2D eigenvalue weighted by atomic mass is 10.0. The predicted octanol–water partition coefficient (Wildman–Crippen LogP) is 9.89. The average molecular weight is 745 g/mol. The van der Waals surface area contributed by atoms with E-state index < -0.39 is 17.9 Å². The molecule has 10 nitrogen and oxygen atoms in total. The highest BCUT2D eigenvalue weighted by Gasteiger charge is 2.24. The minimum absolute atomic E-state index is 0.278. The van der Waals surface area contributed by atoms with Crippen molar-refractivity contribution in [2.75, 3.05) is 32.7 Å². The van der Waals surface area contributed by atoms with E-state index in [0.29, 0.717) is 6.54 Å². The van der Waals surface area contributed by atoms with Gasteiger partial charge in [0, 0.05) is 0 Å². The molecule has 0 heterocycles. The molecule has 0 fully saturated rings. The summed E-state index contributed by atoms with van der Waals surface area (Å²) < 4.78 is 0. The molecule has 0 bridgehead atoms. The van der Waals surface area contributed by atoms with Crippen molar-refractivity contribution in [3.63, 3.8) is 0 Å². The van der Waals surface area contributed by atoms with Crippen LogP contribution in [-0.4, -0.2) is 76.9 Å². The average Bonchev–Trinajstić information content (AvgIpc) is 3.13. The van der Waals surface area contributed by atoms with Gasteiger partial charge in [-0.1, -0.05) is 187 Å². The highest BCUT2D eigenvalue weighted by Crippen LogP contribution is 2.17. The Morgan fingerprint density at radius 1 is 0.423 bits per heavy atom. The van der Waals surface area contributed by atoms with Crippen LogP contribution in [0, 0.1) is 0 Å². The zero-order valence-corrected chi connectivity index (χ0v) is 34.3. The molecule has 0 rings (SSSR count). The topological polar surface area (TPSA) is 193 Å². The molecule has 0 amide bonds. The second-order valence-electron chi connectivity index (χ2n) is 14.6. The van der Waals surface area contributed by atoms with Crippen molar-refractivity contribution in [3.8, 4) is 0 Å². The maximum Gasteiger partial charge on any atom is 0.320 e. The Kier molecular flexibility index (Phi) is 49.6. The van der Waals surface area contributed by atoms with Gasteiger partial charge in [0.1, 0.15) is 6.04 Å². The zero-order valence-electron chi connectivity index (χ0n) is 34.3. The van der Waals surface area contributed by atoms with Gasteiger partial charge in [-0.2, -0.15) is 0 Å². The number of carboxylic acid groups (broad SMARTS) is 3. The van der Waals surface area contributed by atoms with Crippen LogP contribution in [0.4, 0.5) is 0 Å². The summed E-state index contributed by atoms with van der Waals surface area (Å²) in [6.45, 7) is 6.56. The summed E-state index contributed by atoms with van der Waals surface area (Å²) in [6.07, 6.45) is 40.7. The van der Waals surface area contributed by atoms with E-state index in [0.717, 1.165) is 45.2 Å². The lowest BCUT2D eigenvalue weighted by molar-refractivity contribution is -0.144. The molecule has 0 aliphatic heterocycles. The molecule has 1 atom stereocenters. The van der Waals surface area contributed by atoms with Crippen LogP contribution in [0.15, 0.2) is 0 Å². The Hall–Kier alpha value is -1.75. The molecule has 0 saturated carbocycles. The minimum Gasteiger partial charge on any atom is -0.480 e. The largest absolute Gasteiger partial charge is 0.480 e. The second kappa shape index (κ2) is 47.3. The van der Waals surface area contributed by atoms with Gasteiger partial charge in [0.15, 0.2) is 0 Å². The summed E-state index contributed by atoms with van der Waals surface area (Å²) in [5, 5.41) is 25.2. The highest BCUT2D eigenvalue weighted by molar-refractivity contribution is 5.73. The molecule has 312 valence electrons. The number of rotatable bonds is 38. The van der Waals surface area contributed by atoms with Crippen molar-refractivity contribution in [2.24, 2.45) is 17.2 Å². The molecule has 0 unspecified atom stereocenters. The maximum atomic E-state index is 12.2. The summed E-state index contributed by atoms with van der Waals surface area (Å²) in [7, 11) is 0. The van der Waals surface area contributed by atoms with Crippen LogP contribution in [-0.2, 0) is 14.4 Å². The normalized spacial score (nSPS) is 11.4. The Morgan fingerprint density at radius 2 is 0.673 bits per heavy atom. The third kappa shape index (κ3) is 48.2. The van der Waals surface area contributed by atoms with Crippen LogP contribution in [0.3, 0.4) is 0 Å². The molecular weight excluding hydrogens is 656 g/mol. The van der Waals surface area contributed by atoms with Crippen LogP contribution in [0.2, 0.25) is 0 Å². The lowest BCUT2D eigenvalue weighted by Crippen LogP contribution is -2.42. The summed E-state index contributed by atoms with van der Waals surface area (Å²) >= 11 is 0. The van der Waals surface area contributed by atoms with Gasteiger partial charge in [-0.3, -0.25) is 19.3 Å². The Labute approximate surface area is 320 Å². The van der Waals surface area contributed by atoms with Crippen molar-refractivity contribution in [2.45, 2.75) is 219 Å². The van der Waals surface area contributed by atoms with Gasteiger partial charge in [-0.25, -0.2) is 0 Å². The molecule has 52 heavy (non-hydrogen) atoms. The number of carboxylic acids is 3. The second-order valence-corrected chi connectivity index (χ2v) is 14.6. The van der Waals surface area contributed by atoms with E-state index in [1.54, 1.807) is 0 Å². The Bertz CT molecular complexity index is 697. The van der Waals surface area contributed by atoms with Gasteiger partial charge in [0.2, 0.25) is 0 Å². The summed E-state index contributed by atoms with van der Waals surface area (Å²) in [4.78, 5) is 32.9. The van der Waals surface area contributed by atoms with Gasteiger partial charge >= 0.3 is 17.9 Å². The molecule has 10 heteroatoms. The zero-order chi connectivity index (χ0) is 39.3. The molecule has 0 saturated heterocycles. The number of unbranched alkanes of at least 4 members (excludes halogenated alkanes) is 27. The number of carbonyl (C=O) groups is 3. The van der Waals surface area contributed by atoms with E-state index in [2.05, 4.69) is 30.2 Å². The molecule has 0 aromatic rings. The fourth-order valence-electron chi connectivity index (χ4n) is 6.39. The smallest absolute Gasteiger partial charge is 0.320 e. The fraction of sp³-hybridized carbons (Fsp3) is 0.929. The summed E-state index contributed by atoms with van der Waals surface area (Å²) in [5.41, 5.74) is 14.8. The molecule has 0 radical (unpaired) electrons. The highest BCUT2D eigenvalue weighted by atomic mass is 16.4. The van der Waals surface area contributed by atoms with Gasteiger partial charge < -0.3 is 32.5 Å². The fourth-order valence-corrected chi connectivity index (χ4v) is 6.39. The quantitative estimate of drug-likeness (QED) is 0.0331. The summed E-state index contributed by atoms with van der Waals surface area (Å²) in [5.74, 6) is -2.57. The van der Waals surface area contributed by atoms with Gasteiger partial charge in [-0.15, -0.1) is 0 Å². The summed E-state index contributed by atoms with van der Waals surface area (Å²) in [6, 6.07) is -0.333. The SMILES string of the molecule is CCCCCCCCCCCCCCCCN(CCCCCCCCCCCCCCCC)[C@@H](CCCCN)C(=O)O.NCC(=O)O.NCC(=O)O. The van der Waals surface area contributed by atoms with Crippen LogP contribution >= 0.6 is 0 Å². The Morgan fingerprint density at radius 3 is 0.885 bits per heavy atom. The predicted molar refractivity (Wildman–Crippen MR) is 220 cm³/mol. The van der Waals surface area contributed by atoms with E-state index in [9.17, 15) is 19.5 Å². The molecule has 0 aliphatic carbocycles. The first kappa shape index (κ1) is 54.6. The molecule has 0 aromatic carbocycles. The number of nitrogens with two attached hydrogens (primary N) is 3. The van der Waals surface area contributed by atoms with Crippen molar-refractivity contribution in [1.82, 2.24) is 4.90 Å². The first-order valence-electron chi connectivity index (χ1n) is 21.7.